The number of methoxy groups -OCH3 is 2. The van der Waals surface area contributed by atoms with Crippen LogP contribution in [0.2, 0.25) is 0 Å². The second kappa shape index (κ2) is 19.3. The Bertz CT molecular complexity index is 1480. The number of nitrogens with one attached hydrogen (secondary N) is 2. The lowest BCUT2D eigenvalue weighted by molar-refractivity contribution is -0.148. The molecule has 4 amide bonds. The third-order valence-electron chi connectivity index (χ3n) is 11.1. The largest absolute Gasteiger partial charge is 0.379 e. The number of thiazole rings is 1. The number of carbonyl (C=O) groups excluding carboxylic acids is 4. The van der Waals surface area contributed by atoms with Gasteiger partial charge in [0.2, 0.25) is 23.6 Å². The summed E-state index contributed by atoms with van der Waals surface area (Å²) in [6.45, 7) is 9.41. The molecule has 12 nitrogen and oxygen atoms in total. The highest BCUT2D eigenvalue weighted by Crippen LogP contribution is 2.35. The Kier molecular flexibility index (Phi) is 15.4. The van der Waals surface area contributed by atoms with Crippen molar-refractivity contribution in [3.8, 4) is 0 Å². The zero-order valence-electron chi connectivity index (χ0n) is 32.9. The van der Waals surface area contributed by atoms with Crippen molar-refractivity contribution in [1.29, 1.82) is 0 Å². The van der Waals surface area contributed by atoms with E-state index in [1.165, 1.54) is 11.3 Å². The minimum absolute atomic E-state index is 0.0700. The van der Waals surface area contributed by atoms with E-state index >= 15 is 0 Å². The van der Waals surface area contributed by atoms with E-state index in [0.717, 1.165) is 42.7 Å². The van der Waals surface area contributed by atoms with Crippen LogP contribution in [0, 0.1) is 17.8 Å². The third kappa shape index (κ3) is 10.9. The minimum Gasteiger partial charge on any atom is -0.379 e. The van der Waals surface area contributed by atoms with Crippen LogP contribution in [0.4, 0.5) is 0 Å². The highest BCUT2D eigenvalue weighted by Gasteiger charge is 2.44. The van der Waals surface area contributed by atoms with Gasteiger partial charge in [-0.15, -0.1) is 11.3 Å². The molecule has 294 valence electrons. The molecule has 0 spiro atoms. The van der Waals surface area contributed by atoms with Gasteiger partial charge in [0.05, 0.1) is 48.2 Å². The van der Waals surface area contributed by atoms with Gasteiger partial charge in [-0.05, 0) is 63.4 Å². The maximum atomic E-state index is 14.3. The molecule has 1 aromatic carbocycles. The van der Waals surface area contributed by atoms with Crippen LogP contribution in [0.1, 0.15) is 96.2 Å². The molecular weight excluding hydrogens is 693 g/mol. The van der Waals surface area contributed by atoms with Gasteiger partial charge in [-0.3, -0.25) is 19.2 Å². The number of likely N-dealkylation sites (tertiary alicyclic amines) is 1. The van der Waals surface area contributed by atoms with Crippen LogP contribution < -0.4 is 16.4 Å². The lowest BCUT2D eigenvalue weighted by Gasteiger charge is -2.41. The molecule has 1 aliphatic heterocycles. The number of hydrogen-bond acceptors (Lipinski definition) is 9. The molecule has 1 saturated heterocycles. The number of nitrogens with zero attached hydrogens (tertiary/aromatic N) is 3. The summed E-state index contributed by atoms with van der Waals surface area (Å²) in [5, 5.41) is 8.85. The number of amides is 4. The molecule has 7 atom stereocenters. The van der Waals surface area contributed by atoms with Crippen LogP contribution in [0.5, 0.6) is 0 Å². The molecule has 13 heteroatoms. The molecule has 1 aliphatic carbocycles. The fourth-order valence-corrected chi connectivity index (χ4v) is 8.74. The quantitative estimate of drug-likeness (QED) is 0.201. The maximum absolute atomic E-state index is 14.3. The Labute approximate surface area is 319 Å². The topological polar surface area (TPSA) is 156 Å². The zero-order chi connectivity index (χ0) is 38.9. The SMILES string of the molecule is COC(CC(=O)N1CCCC1C(OC)C(C)C(=O)NC(Cc1ccccc1)c1nccs1)C(C1CCCC1)N(C)C(=O)C(NC(=O)C(C)(C)N)C(C)C. The minimum atomic E-state index is -1.14. The lowest BCUT2D eigenvalue weighted by Crippen LogP contribution is -2.60. The Morgan fingerprint density at radius 1 is 1.02 bits per heavy atom. The summed E-state index contributed by atoms with van der Waals surface area (Å²) >= 11 is 1.51. The highest BCUT2D eigenvalue weighted by molar-refractivity contribution is 7.09. The van der Waals surface area contributed by atoms with Crippen molar-refractivity contribution in [2.75, 3.05) is 27.8 Å². The van der Waals surface area contributed by atoms with Crippen LogP contribution in [0.25, 0.3) is 0 Å². The first kappa shape index (κ1) is 42.4. The van der Waals surface area contributed by atoms with E-state index in [4.69, 9.17) is 15.2 Å². The molecular formula is C40H62N6O6S. The number of rotatable bonds is 18. The van der Waals surface area contributed by atoms with Gasteiger partial charge in [-0.25, -0.2) is 4.98 Å². The predicted octanol–water partition coefficient (Wildman–Crippen LogP) is 4.49. The van der Waals surface area contributed by atoms with Gasteiger partial charge >= 0.3 is 0 Å². The summed E-state index contributed by atoms with van der Waals surface area (Å²) in [4.78, 5) is 63.3. The van der Waals surface area contributed by atoms with Crippen molar-refractivity contribution >= 4 is 35.0 Å². The Morgan fingerprint density at radius 3 is 2.26 bits per heavy atom. The molecule has 2 aliphatic rings. The van der Waals surface area contributed by atoms with Gasteiger partial charge in [0.25, 0.3) is 0 Å². The number of ether oxygens (including phenoxy) is 2. The summed E-state index contributed by atoms with van der Waals surface area (Å²) in [6.07, 6.45) is 6.72. The number of hydrogen-bond donors (Lipinski definition) is 3. The second-order valence-electron chi connectivity index (χ2n) is 15.8. The Balaban J connectivity index is 1.50. The fraction of sp³-hybridized carbons (Fsp3) is 0.675. The summed E-state index contributed by atoms with van der Waals surface area (Å²) in [6, 6.07) is 8.25. The standard InChI is InChI=1S/C40H62N6O6S/c1-25(2)33(44-39(50)40(4,5)41)38(49)45(6)34(28-17-12-13-18-28)31(51-7)24-32(47)46-21-14-19-30(46)35(52-8)26(3)36(48)43-29(37-42-20-22-53-37)23-27-15-10-9-11-16-27/h9-11,15-16,20,22,25-26,28-31,33-35H,12-14,17-19,21,23-24,41H2,1-8H3,(H,43,48)(H,44,50). The van der Waals surface area contributed by atoms with E-state index in [-0.39, 0.29) is 54.1 Å². The molecule has 53 heavy (non-hydrogen) atoms. The van der Waals surface area contributed by atoms with Gasteiger partial charge in [-0.1, -0.05) is 63.9 Å². The van der Waals surface area contributed by atoms with Crippen molar-refractivity contribution in [2.24, 2.45) is 23.5 Å². The van der Waals surface area contributed by atoms with Crippen molar-refractivity contribution in [3.63, 3.8) is 0 Å². The first-order valence-corrected chi connectivity index (χ1v) is 20.0. The van der Waals surface area contributed by atoms with E-state index in [1.54, 1.807) is 46.2 Å². The van der Waals surface area contributed by atoms with Crippen LogP contribution in [-0.2, 0) is 35.1 Å². The van der Waals surface area contributed by atoms with Gasteiger partial charge in [0.15, 0.2) is 0 Å². The van der Waals surface area contributed by atoms with Crippen LogP contribution >= 0.6 is 11.3 Å². The number of likely N-dealkylation sites (N-methyl/N-ethyl adjacent to an activating group) is 1. The smallest absolute Gasteiger partial charge is 0.245 e. The number of nitrogens with two attached hydrogens (primary N) is 1. The molecule has 0 bridgehead atoms. The molecule has 1 aromatic heterocycles. The first-order chi connectivity index (χ1) is 25.2. The summed E-state index contributed by atoms with van der Waals surface area (Å²) < 4.78 is 12.1. The number of aromatic nitrogens is 1. The van der Waals surface area contributed by atoms with E-state index < -0.39 is 35.6 Å². The van der Waals surface area contributed by atoms with Crippen molar-refractivity contribution < 1.29 is 28.7 Å². The molecule has 1 saturated carbocycles. The van der Waals surface area contributed by atoms with Gasteiger partial charge in [0, 0.05) is 39.4 Å². The number of benzene rings is 1. The van der Waals surface area contributed by atoms with E-state index in [9.17, 15) is 19.2 Å². The third-order valence-corrected chi connectivity index (χ3v) is 12.0. The van der Waals surface area contributed by atoms with E-state index in [1.807, 2.05) is 61.4 Å². The molecule has 4 rings (SSSR count). The van der Waals surface area contributed by atoms with Crippen molar-refractivity contribution in [1.82, 2.24) is 25.4 Å². The summed E-state index contributed by atoms with van der Waals surface area (Å²) in [5.41, 5.74) is 6.01. The highest BCUT2D eigenvalue weighted by atomic mass is 32.1. The molecule has 7 unspecified atom stereocenters. The molecule has 2 aromatic rings. The number of carbonyl (C=O) groups is 4. The zero-order valence-corrected chi connectivity index (χ0v) is 33.7. The van der Waals surface area contributed by atoms with Crippen LogP contribution in [-0.4, -0.2) is 102 Å². The van der Waals surface area contributed by atoms with Crippen molar-refractivity contribution in [3.05, 3.63) is 52.5 Å². The average molecular weight is 755 g/mol. The molecule has 0 radical (unpaired) electrons. The molecule has 2 heterocycles. The van der Waals surface area contributed by atoms with Crippen LogP contribution in [0.15, 0.2) is 41.9 Å². The van der Waals surface area contributed by atoms with E-state index in [2.05, 4.69) is 15.6 Å². The predicted molar refractivity (Wildman–Crippen MR) is 207 cm³/mol. The molecule has 2 fully saturated rings. The Hall–Kier alpha value is -3.39. The average Bonchev–Trinajstić information content (AvgIpc) is 3.94. The molecule has 4 N–H and O–H groups in total. The second-order valence-corrected chi connectivity index (χ2v) is 16.7. The van der Waals surface area contributed by atoms with Crippen molar-refractivity contribution in [2.45, 2.75) is 128 Å². The van der Waals surface area contributed by atoms with Crippen LogP contribution in [0.3, 0.4) is 0 Å². The Morgan fingerprint density at radius 2 is 1.70 bits per heavy atom. The van der Waals surface area contributed by atoms with E-state index in [0.29, 0.717) is 19.4 Å². The first-order valence-electron chi connectivity index (χ1n) is 19.1. The lowest BCUT2D eigenvalue weighted by atomic mass is 9.88. The van der Waals surface area contributed by atoms with Gasteiger partial charge < -0.3 is 35.6 Å². The monoisotopic (exact) mass is 754 g/mol. The van der Waals surface area contributed by atoms with Gasteiger partial charge in [0.1, 0.15) is 11.0 Å². The fourth-order valence-electron chi connectivity index (χ4n) is 8.06. The van der Waals surface area contributed by atoms with Gasteiger partial charge in [-0.2, -0.15) is 0 Å². The normalized spacial score (nSPS) is 20.0. The summed E-state index contributed by atoms with van der Waals surface area (Å²) in [7, 11) is 4.95. The maximum Gasteiger partial charge on any atom is 0.245 e. The summed E-state index contributed by atoms with van der Waals surface area (Å²) in [5.74, 6) is -1.48.